The molecule has 88 valence electrons. The maximum atomic E-state index is 8.66. The molecule has 0 amide bonds. The maximum Gasteiger partial charge on any atom is 0.0610 e. The molecule has 0 unspecified atom stereocenters. The van der Waals surface area contributed by atoms with Gasteiger partial charge in [-0.2, -0.15) is 0 Å². The fourth-order valence-corrected chi connectivity index (χ4v) is 0.474. The smallest absolute Gasteiger partial charge is 0.0610 e. The highest BCUT2D eigenvalue weighted by Crippen LogP contribution is 2.08. The van der Waals surface area contributed by atoms with Crippen LogP contribution in [0.5, 0.6) is 0 Å². The van der Waals surface area contributed by atoms with Crippen molar-refractivity contribution in [1.82, 2.24) is 0 Å². The van der Waals surface area contributed by atoms with E-state index in [2.05, 4.69) is 0 Å². The van der Waals surface area contributed by atoms with Gasteiger partial charge in [0.25, 0.3) is 0 Å². The molecule has 0 fully saturated rings. The minimum absolute atomic E-state index is 0.0486. The van der Waals surface area contributed by atoms with Crippen LogP contribution < -0.4 is 11.5 Å². The molecule has 0 aromatic rings. The molecule has 0 bridgehead atoms. The highest BCUT2D eigenvalue weighted by molar-refractivity contribution is 4.78. The maximum absolute atomic E-state index is 8.66. The zero-order valence-electron chi connectivity index (χ0n) is 9.88. The second-order valence-electron chi connectivity index (χ2n) is 4.37. The molecule has 0 saturated heterocycles. The van der Waals surface area contributed by atoms with E-state index in [-0.39, 0.29) is 18.8 Å². The Balaban J connectivity index is 0. The van der Waals surface area contributed by atoms with Crippen LogP contribution in [-0.2, 0) is 0 Å². The van der Waals surface area contributed by atoms with Crippen molar-refractivity contribution in [2.24, 2.45) is 11.5 Å². The number of nitrogens with two attached hydrogens (primary N) is 2. The fraction of sp³-hybridized carbons (Fsp3) is 1.00. The van der Waals surface area contributed by atoms with Crippen molar-refractivity contribution < 1.29 is 10.2 Å². The highest BCUT2D eigenvalue weighted by atomic mass is 16.3. The van der Waals surface area contributed by atoms with E-state index in [4.69, 9.17) is 21.7 Å². The zero-order chi connectivity index (χ0) is 11.8. The Labute approximate surface area is 87.3 Å². The van der Waals surface area contributed by atoms with Crippen LogP contribution in [0.1, 0.15) is 40.5 Å². The lowest BCUT2D eigenvalue weighted by atomic mass is 9.96. The largest absolute Gasteiger partial charge is 0.394 e. The lowest BCUT2D eigenvalue weighted by Gasteiger charge is -2.22. The summed E-state index contributed by atoms with van der Waals surface area (Å²) in [6.45, 7) is 7.66. The molecular formula is C10H26N2O2. The van der Waals surface area contributed by atoms with E-state index in [0.717, 1.165) is 12.8 Å². The van der Waals surface area contributed by atoms with Gasteiger partial charge in [0.05, 0.1) is 13.2 Å². The third-order valence-electron chi connectivity index (χ3n) is 2.13. The number of hydrogen-bond donors (Lipinski definition) is 4. The van der Waals surface area contributed by atoms with Gasteiger partial charge >= 0.3 is 0 Å². The molecule has 0 aromatic carbocycles. The molecule has 4 nitrogen and oxygen atoms in total. The lowest BCUT2D eigenvalue weighted by Crippen LogP contribution is -2.42. The Bertz CT molecular complexity index is 120. The van der Waals surface area contributed by atoms with Gasteiger partial charge in [0, 0.05) is 11.1 Å². The Morgan fingerprint density at radius 2 is 1.21 bits per heavy atom. The molecule has 0 rings (SSSR count). The molecule has 4 heteroatoms. The van der Waals surface area contributed by atoms with Gasteiger partial charge < -0.3 is 21.7 Å². The summed E-state index contributed by atoms with van der Waals surface area (Å²) < 4.78 is 0. The van der Waals surface area contributed by atoms with Crippen LogP contribution in [0.2, 0.25) is 0 Å². The van der Waals surface area contributed by atoms with E-state index in [0.29, 0.717) is 0 Å². The zero-order valence-corrected chi connectivity index (χ0v) is 9.88. The van der Waals surface area contributed by atoms with Gasteiger partial charge in [-0.1, -0.05) is 13.8 Å². The first kappa shape index (κ1) is 16.3. The lowest BCUT2D eigenvalue weighted by molar-refractivity contribution is 0.187. The van der Waals surface area contributed by atoms with Crippen molar-refractivity contribution in [2.75, 3.05) is 13.2 Å². The monoisotopic (exact) mass is 206 g/mol. The quantitative estimate of drug-likeness (QED) is 0.529. The second-order valence-corrected chi connectivity index (χ2v) is 4.37. The van der Waals surface area contributed by atoms with Gasteiger partial charge in [-0.25, -0.2) is 0 Å². The third-order valence-corrected chi connectivity index (χ3v) is 2.13. The van der Waals surface area contributed by atoms with E-state index < -0.39 is 5.54 Å². The van der Waals surface area contributed by atoms with E-state index in [1.807, 2.05) is 13.8 Å². The number of aliphatic hydroxyl groups excluding tert-OH is 2. The Hall–Kier alpha value is -0.160. The van der Waals surface area contributed by atoms with Crippen molar-refractivity contribution in [3.8, 4) is 0 Å². The molecule has 0 aromatic heterocycles. The highest BCUT2D eigenvalue weighted by Gasteiger charge is 2.17. The molecule has 0 aliphatic carbocycles. The standard InChI is InChI=1S/C6H15NO.C4H11NO/c1-3-6(7,4-2)5-8;1-4(2,5)3-6/h8H,3-5,7H2,1-2H3;6H,3,5H2,1-2H3. The van der Waals surface area contributed by atoms with Gasteiger partial charge in [0.1, 0.15) is 0 Å². The third kappa shape index (κ3) is 9.92. The Morgan fingerprint density at radius 1 is 0.929 bits per heavy atom. The van der Waals surface area contributed by atoms with Crippen LogP contribution in [0.15, 0.2) is 0 Å². The summed E-state index contributed by atoms with van der Waals surface area (Å²) in [5.74, 6) is 0. The average molecular weight is 206 g/mol. The first-order chi connectivity index (χ1) is 6.24. The molecule has 6 N–H and O–H groups in total. The molecule has 0 radical (unpaired) electrons. The van der Waals surface area contributed by atoms with Crippen LogP contribution in [0.25, 0.3) is 0 Å². The molecule has 0 heterocycles. The fourth-order valence-electron chi connectivity index (χ4n) is 0.474. The molecule has 14 heavy (non-hydrogen) atoms. The summed E-state index contributed by atoms with van der Waals surface area (Å²) in [6, 6.07) is 0. The summed E-state index contributed by atoms with van der Waals surface area (Å²) in [7, 11) is 0. The van der Waals surface area contributed by atoms with E-state index in [1.165, 1.54) is 0 Å². The number of aliphatic hydroxyl groups is 2. The van der Waals surface area contributed by atoms with E-state index >= 15 is 0 Å². The molecule has 0 spiro atoms. The van der Waals surface area contributed by atoms with Gasteiger partial charge in [0.15, 0.2) is 0 Å². The topological polar surface area (TPSA) is 92.5 Å². The van der Waals surface area contributed by atoms with Crippen molar-refractivity contribution in [2.45, 2.75) is 51.6 Å². The van der Waals surface area contributed by atoms with E-state index in [9.17, 15) is 0 Å². The molecular weight excluding hydrogens is 180 g/mol. The second kappa shape index (κ2) is 7.17. The van der Waals surface area contributed by atoms with Gasteiger partial charge in [-0.05, 0) is 26.7 Å². The van der Waals surface area contributed by atoms with Crippen LogP contribution in [-0.4, -0.2) is 34.5 Å². The van der Waals surface area contributed by atoms with Crippen LogP contribution in [0, 0.1) is 0 Å². The van der Waals surface area contributed by atoms with Crippen LogP contribution in [0.4, 0.5) is 0 Å². The van der Waals surface area contributed by atoms with Crippen molar-refractivity contribution in [3.63, 3.8) is 0 Å². The van der Waals surface area contributed by atoms with Crippen molar-refractivity contribution in [1.29, 1.82) is 0 Å². The summed E-state index contributed by atoms with van der Waals surface area (Å²) in [6.07, 6.45) is 1.69. The summed E-state index contributed by atoms with van der Waals surface area (Å²) in [4.78, 5) is 0. The molecule has 0 atom stereocenters. The van der Waals surface area contributed by atoms with Crippen LogP contribution >= 0.6 is 0 Å². The summed E-state index contributed by atoms with van der Waals surface area (Å²) in [5, 5.41) is 16.9. The predicted molar refractivity (Wildman–Crippen MR) is 59.9 cm³/mol. The SMILES string of the molecule is CC(C)(N)CO.CCC(N)(CC)CO. The van der Waals surface area contributed by atoms with Gasteiger partial charge in [0.2, 0.25) is 0 Å². The number of hydrogen-bond acceptors (Lipinski definition) is 4. The normalized spacial score (nSPS) is 12.0. The summed E-state index contributed by atoms with van der Waals surface area (Å²) in [5.41, 5.74) is 10.2. The van der Waals surface area contributed by atoms with Gasteiger partial charge in [-0.3, -0.25) is 0 Å². The van der Waals surface area contributed by atoms with Crippen LogP contribution in [0.3, 0.4) is 0 Å². The van der Waals surface area contributed by atoms with E-state index in [1.54, 1.807) is 13.8 Å². The first-order valence-corrected chi connectivity index (χ1v) is 5.04. The Morgan fingerprint density at radius 3 is 1.21 bits per heavy atom. The molecule has 0 aliphatic rings. The van der Waals surface area contributed by atoms with Gasteiger partial charge in [-0.15, -0.1) is 0 Å². The minimum Gasteiger partial charge on any atom is -0.394 e. The first-order valence-electron chi connectivity index (χ1n) is 5.04. The Kier molecular flexibility index (Phi) is 8.34. The van der Waals surface area contributed by atoms with Crippen molar-refractivity contribution in [3.05, 3.63) is 0 Å². The minimum atomic E-state index is -0.403. The van der Waals surface area contributed by atoms with Crippen molar-refractivity contribution >= 4 is 0 Å². The summed E-state index contributed by atoms with van der Waals surface area (Å²) >= 11 is 0. The predicted octanol–water partition coefficient (Wildman–Crippen LogP) is 0.212. The average Bonchev–Trinajstić information content (AvgIpc) is 2.16. The molecule has 0 saturated carbocycles. The number of rotatable bonds is 4. The molecule has 0 aliphatic heterocycles.